The van der Waals surface area contributed by atoms with E-state index in [2.05, 4.69) is 5.43 Å². The Kier molecular flexibility index (Phi) is 8.37. The maximum absolute atomic E-state index is 15.5. The second-order valence-corrected chi connectivity index (χ2v) is 16.2. The van der Waals surface area contributed by atoms with E-state index in [9.17, 15) is 19.5 Å². The van der Waals surface area contributed by atoms with Crippen LogP contribution in [-0.2, 0) is 37.6 Å². The minimum Gasteiger partial charge on any atom is -0.508 e. The van der Waals surface area contributed by atoms with Gasteiger partial charge in [0.25, 0.3) is 11.8 Å². The van der Waals surface area contributed by atoms with Crippen molar-refractivity contribution in [1.29, 1.82) is 0 Å². The molecule has 4 aromatic rings. The van der Waals surface area contributed by atoms with Crippen molar-refractivity contribution in [2.75, 3.05) is 12.5 Å². The molecule has 13 heteroatoms. The quantitative estimate of drug-likeness (QED) is 0.148. The number of hydrazine groups is 1. The van der Waals surface area contributed by atoms with Crippen LogP contribution in [0, 0.1) is 29.6 Å². The predicted molar refractivity (Wildman–Crippen MR) is 202 cm³/mol. The highest BCUT2D eigenvalue weighted by Crippen LogP contribution is 2.63. The molecule has 274 valence electrons. The standard InChI is InChI=1S/C41H33Cl2N3O7S/c1-52-26-8-4-23(5-9-26)41-31(38(49)46(40(41)51)44-33-12-6-24(42)17-32(33)43)18-30-28(36(41)22-15-21-16-25(47)7-13-34(21)53-20-22)10-11-29-35(30)39(50)45(37(29)48)19-27-3-2-14-54-27/h2-10,12-14,16-17,20,29-31,35-36,44,47H,11,15,18-19H2,1H3/t29-,30+,31-,35-,36-,41+/m0/s1. The molecule has 54 heavy (non-hydrogen) atoms. The Morgan fingerprint density at radius 1 is 0.981 bits per heavy atom. The third kappa shape index (κ3) is 5.20. The van der Waals surface area contributed by atoms with E-state index >= 15 is 4.79 Å². The average Bonchev–Trinajstić information content (AvgIpc) is 3.83. The summed E-state index contributed by atoms with van der Waals surface area (Å²) in [5.74, 6) is -3.88. The van der Waals surface area contributed by atoms with Crippen LogP contribution in [0.3, 0.4) is 0 Å². The average molecular weight is 783 g/mol. The lowest BCUT2D eigenvalue weighted by atomic mass is 9.48. The number of fused-ring (bicyclic) bond motifs is 5. The van der Waals surface area contributed by atoms with E-state index in [-0.39, 0.29) is 35.6 Å². The lowest BCUT2D eigenvalue weighted by Crippen LogP contribution is -2.55. The van der Waals surface area contributed by atoms with Gasteiger partial charge in [-0.2, -0.15) is 5.01 Å². The first kappa shape index (κ1) is 34.7. The van der Waals surface area contributed by atoms with Crippen molar-refractivity contribution < 1.29 is 33.8 Å². The Balaban J connectivity index is 1.22. The van der Waals surface area contributed by atoms with Crippen molar-refractivity contribution in [3.63, 3.8) is 0 Å². The zero-order valence-corrected chi connectivity index (χ0v) is 31.2. The number of ether oxygens (including phenoxy) is 2. The van der Waals surface area contributed by atoms with Crippen LogP contribution < -0.4 is 14.9 Å². The number of likely N-dealkylation sites (tertiary alicyclic amines) is 1. The van der Waals surface area contributed by atoms with Crippen LogP contribution in [0.15, 0.2) is 102 Å². The first-order chi connectivity index (χ1) is 26.1. The summed E-state index contributed by atoms with van der Waals surface area (Å²) in [7, 11) is 1.55. The van der Waals surface area contributed by atoms with E-state index in [1.807, 2.05) is 35.7 Å². The van der Waals surface area contributed by atoms with Gasteiger partial charge >= 0.3 is 0 Å². The minimum absolute atomic E-state index is 0.0609. The normalized spacial score (nSPS) is 27.1. The molecule has 9 rings (SSSR count). The van der Waals surface area contributed by atoms with E-state index in [4.69, 9.17) is 32.7 Å². The Hall–Kier alpha value is -5.10. The molecule has 2 N–H and O–H groups in total. The van der Waals surface area contributed by atoms with E-state index in [0.29, 0.717) is 51.8 Å². The summed E-state index contributed by atoms with van der Waals surface area (Å²) in [6.07, 6.45) is 4.39. The Labute approximate surface area is 324 Å². The van der Waals surface area contributed by atoms with Gasteiger partial charge in [0, 0.05) is 27.8 Å². The van der Waals surface area contributed by atoms with Gasteiger partial charge < -0.3 is 14.6 Å². The van der Waals surface area contributed by atoms with Gasteiger partial charge in [0.1, 0.15) is 17.2 Å². The topological polar surface area (TPSA) is 125 Å². The molecule has 2 aliphatic carbocycles. The first-order valence-electron chi connectivity index (χ1n) is 17.6. The van der Waals surface area contributed by atoms with Crippen LogP contribution in [0.2, 0.25) is 10.0 Å². The van der Waals surface area contributed by atoms with Gasteiger partial charge in [-0.25, -0.2) is 0 Å². The molecule has 3 fully saturated rings. The van der Waals surface area contributed by atoms with Crippen molar-refractivity contribution in [2.24, 2.45) is 29.6 Å². The number of rotatable bonds is 7. The van der Waals surface area contributed by atoms with Gasteiger partial charge in [0.15, 0.2) is 0 Å². The van der Waals surface area contributed by atoms with Crippen molar-refractivity contribution in [2.45, 2.75) is 31.2 Å². The summed E-state index contributed by atoms with van der Waals surface area (Å²) in [5.41, 5.74) is 4.61. The number of carbonyl (C=O) groups excluding carboxylic acids is 4. The van der Waals surface area contributed by atoms with Crippen LogP contribution in [0.25, 0.3) is 0 Å². The lowest BCUT2D eigenvalue weighted by molar-refractivity contribution is -0.141. The first-order valence-corrected chi connectivity index (χ1v) is 19.2. The number of carbonyl (C=O) groups is 4. The van der Waals surface area contributed by atoms with Crippen molar-refractivity contribution in [3.05, 3.63) is 128 Å². The van der Waals surface area contributed by atoms with Crippen molar-refractivity contribution in [1.82, 2.24) is 9.91 Å². The molecule has 4 amide bonds. The molecule has 4 heterocycles. The lowest BCUT2D eigenvalue weighted by Gasteiger charge is -2.51. The predicted octanol–water partition coefficient (Wildman–Crippen LogP) is 7.31. The van der Waals surface area contributed by atoms with Crippen LogP contribution in [0.1, 0.15) is 28.8 Å². The van der Waals surface area contributed by atoms with Crippen LogP contribution >= 0.6 is 34.5 Å². The Morgan fingerprint density at radius 2 is 1.80 bits per heavy atom. The van der Waals surface area contributed by atoms with Crippen LogP contribution in [0.4, 0.5) is 5.69 Å². The molecule has 3 aliphatic heterocycles. The van der Waals surface area contributed by atoms with Gasteiger partial charge in [-0.15, -0.1) is 11.3 Å². The number of imide groups is 2. The molecular weight excluding hydrogens is 749 g/mol. The molecule has 0 spiro atoms. The zero-order chi connectivity index (χ0) is 37.5. The van der Waals surface area contributed by atoms with Gasteiger partial charge in [0.05, 0.1) is 53.8 Å². The number of methoxy groups -OCH3 is 1. The van der Waals surface area contributed by atoms with E-state index in [0.717, 1.165) is 15.5 Å². The summed E-state index contributed by atoms with van der Waals surface area (Å²) < 4.78 is 11.7. The van der Waals surface area contributed by atoms with E-state index in [1.54, 1.807) is 55.8 Å². The summed E-state index contributed by atoms with van der Waals surface area (Å²) in [6.45, 7) is 0.184. The third-order valence-corrected chi connectivity index (χ3v) is 13.1. The molecular formula is C41H33Cl2N3O7S. The number of halogens is 2. The second kappa shape index (κ2) is 13.0. The number of nitrogens with zero attached hydrogens (tertiary/aromatic N) is 2. The molecule has 2 saturated heterocycles. The number of nitrogens with one attached hydrogen (secondary N) is 1. The van der Waals surface area contributed by atoms with Gasteiger partial charge in [0.2, 0.25) is 11.8 Å². The van der Waals surface area contributed by atoms with Gasteiger partial charge in [-0.1, -0.05) is 53.1 Å². The van der Waals surface area contributed by atoms with Crippen LogP contribution in [0.5, 0.6) is 17.2 Å². The number of benzene rings is 3. The van der Waals surface area contributed by atoms with Crippen molar-refractivity contribution >= 4 is 63.9 Å². The fourth-order valence-corrected chi connectivity index (χ4v) is 10.6. The number of amides is 4. The summed E-state index contributed by atoms with van der Waals surface area (Å²) >= 11 is 14.2. The fourth-order valence-electron chi connectivity index (χ4n) is 9.44. The molecule has 1 aromatic heterocycles. The number of hydrogen-bond donors (Lipinski definition) is 2. The van der Waals surface area contributed by atoms with E-state index < -0.39 is 46.8 Å². The molecule has 5 aliphatic rings. The third-order valence-electron chi connectivity index (χ3n) is 11.7. The molecule has 3 aromatic carbocycles. The fraction of sp³-hybridized carbons (Fsp3) is 0.268. The summed E-state index contributed by atoms with van der Waals surface area (Å²) in [4.78, 5) is 61.1. The molecule has 1 saturated carbocycles. The van der Waals surface area contributed by atoms with Crippen LogP contribution in [-0.4, -0.2) is 45.8 Å². The molecule has 0 unspecified atom stereocenters. The smallest absolute Gasteiger partial charge is 0.260 e. The van der Waals surface area contributed by atoms with E-state index in [1.165, 1.54) is 22.3 Å². The largest absolute Gasteiger partial charge is 0.508 e. The van der Waals surface area contributed by atoms with Crippen molar-refractivity contribution in [3.8, 4) is 17.2 Å². The SMILES string of the molecule is COc1ccc([C@@]23C(=O)N(Nc4ccc(Cl)cc4Cl)C(=O)[C@@H]2C[C@@H]2C(=CC[C@@H]4C(=O)N(Cc5cccs5)C(=O)[C@@H]42)[C@@H]3C2=COc3ccc(O)cc3C2)cc1. The monoisotopic (exact) mass is 781 g/mol. The molecule has 6 atom stereocenters. The highest BCUT2D eigenvalue weighted by atomic mass is 35.5. The Bertz CT molecular complexity index is 2310. The number of anilines is 1. The number of phenolic OH excluding ortho intramolecular Hbond substituents is 1. The molecule has 0 bridgehead atoms. The maximum Gasteiger partial charge on any atom is 0.260 e. The highest BCUT2D eigenvalue weighted by Gasteiger charge is 2.70. The maximum atomic E-state index is 15.5. The highest BCUT2D eigenvalue weighted by molar-refractivity contribution is 7.09. The second-order valence-electron chi connectivity index (χ2n) is 14.3. The zero-order valence-electron chi connectivity index (χ0n) is 28.8. The minimum atomic E-state index is -1.52. The Morgan fingerprint density at radius 3 is 2.54 bits per heavy atom. The van der Waals surface area contributed by atoms with Gasteiger partial charge in [-0.3, -0.25) is 29.5 Å². The number of aromatic hydroxyl groups is 1. The number of hydrogen-bond acceptors (Lipinski definition) is 9. The van der Waals surface area contributed by atoms with Gasteiger partial charge in [-0.05, 0) is 89.9 Å². The number of phenols is 1. The summed E-state index contributed by atoms with van der Waals surface area (Å²) in [6, 6.07) is 20.5. The molecule has 0 radical (unpaired) electrons. The number of thiophene rings is 1. The molecule has 10 nitrogen and oxygen atoms in total. The number of allylic oxidation sites excluding steroid dienone is 3. The summed E-state index contributed by atoms with van der Waals surface area (Å²) in [5, 5.41) is 14.0.